The van der Waals surface area contributed by atoms with E-state index in [1.807, 2.05) is 31.2 Å². The fraction of sp³-hybridized carbons (Fsp3) is 0.0769. The highest BCUT2D eigenvalue weighted by atomic mass is 32.1. The number of fused-ring (bicyclic) bond motifs is 1. The maximum Gasteiger partial charge on any atom is 0.161 e. The summed E-state index contributed by atoms with van der Waals surface area (Å²) in [6.45, 7) is 1.91. The normalized spacial score (nSPS) is 10.9. The van der Waals surface area contributed by atoms with E-state index in [2.05, 4.69) is 4.98 Å². The van der Waals surface area contributed by atoms with Crippen LogP contribution in [0.15, 0.2) is 34.9 Å². The molecule has 0 N–H and O–H groups in total. The van der Waals surface area contributed by atoms with E-state index in [9.17, 15) is 4.79 Å². The Morgan fingerprint density at radius 2 is 2.18 bits per heavy atom. The van der Waals surface area contributed by atoms with Gasteiger partial charge in [-0.2, -0.15) is 0 Å². The second-order valence-corrected chi connectivity index (χ2v) is 4.78. The van der Waals surface area contributed by atoms with Crippen LogP contribution in [-0.2, 0) is 0 Å². The van der Waals surface area contributed by atoms with E-state index in [1.54, 1.807) is 6.20 Å². The number of carbonyl (C=O) groups is 1. The lowest BCUT2D eigenvalue weighted by Gasteiger charge is -1.93. The number of benzene rings is 1. The van der Waals surface area contributed by atoms with Crippen molar-refractivity contribution in [2.24, 2.45) is 0 Å². The van der Waals surface area contributed by atoms with Crippen molar-refractivity contribution in [1.82, 2.24) is 4.98 Å². The van der Waals surface area contributed by atoms with Crippen molar-refractivity contribution < 1.29 is 9.21 Å². The summed E-state index contributed by atoms with van der Waals surface area (Å²) in [7, 11) is 0. The lowest BCUT2D eigenvalue weighted by Crippen LogP contribution is -1.75. The molecule has 0 aliphatic heterocycles. The first-order valence-electron chi connectivity index (χ1n) is 5.19. The second kappa shape index (κ2) is 3.82. The minimum Gasteiger partial charge on any atom is -0.461 e. The molecule has 0 unspecified atom stereocenters. The maximum absolute atomic E-state index is 10.7. The first kappa shape index (κ1) is 10.2. The molecule has 0 saturated heterocycles. The summed E-state index contributed by atoms with van der Waals surface area (Å²) in [6.07, 6.45) is 2.41. The summed E-state index contributed by atoms with van der Waals surface area (Å²) in [6, 6.07) is 7.84. The molecule has 0 fully saturated rings. The number of para-hydroxylation sites is 1. The van der Waals surface area contributed by atoms with Crippen molar-refractivity contribution in [2.45, 2.75) is 6.92 Å². The molecule has 3 rings (SSSR count). The largest absolute Gasteiger partial charge is 0.461 e. The van der Waals surface area contributed by atoms with Crippen LogP contribution in [0, 0.1) is 6.92 Å². The summed E-state index contributed by atoms with van der Waals surface area (Å²) in [5.74, 6) is 0.831. The van der Waals surface area contributed by atoms with Crippen molar-refractivity contribution in [2.75, 3.05) is 0 Å². The molecule has 0 atom stereocenters. The molecule has 17 heavy (non-hydrogen) atoms. The topological polar surface area (TPSA) is 43.1 Å². The first-order valence-corrected chi connectivity index (χ1v) is 6.01. The number of aromatic nitrogens is 1. The lowest BCUT2D eigenvalue weighted by molar-refractivity contribution is 0.112. The zero-order valence-corrected chi connectivity index (χ0v) is 9.95. The van der Waals surface area contributed by atoms with E-state index in [-0.39, 0.29) is 0 Å². The first-order chi connectivity index (χ1) is 8.29. The van der Waals surface area contributed by atoms with Gasteiger partial charge in [-0.25, -0.2) is 4.98 Å². The van der Waals surface area contributed by atoms with Gasteiger partial charge in [0, 0.05) is 11.6 Å². The quantitative estimate of drug-likeness (QED) is 0.645. The van der Waals surface area contributed by atoms with Gasteiger partial charge in [0.25, 0.3) is 0 Å². The number of rotatable bonds is 2. The average Bonchev–Trinajstić information content (AvgIpc) is 2.91. The van der Waals surface area contributed by atoms with Crippen LogP contribution >= 0.6 is 11.3 Å². The highest BCUT2D eigenvalue weighted by Gasteiger charge is 2.15. The van der Waals surface area contributed by atoms with Gasteiger partial charge in [-0.1, -0.05) is 18.2 Å². The Bertz CT molecular complexity index is 696. The van der Waals surface area contributed by atoms with E-state index in [1.165, 1.54) is 11.3 Å². The zero-order valence-electron chi connectivity index (χ0n) is 9.14. The van der Waals surface area contributed by atoms with Gasteiger partial charge in [-0.3, -0.25) is 4.79 Å². The molecule has 0 amide bonds. The van der Waals surface area contributed by atoms with Gasteiger partial charge < -0.3 is 4.42 Å². The predicted octanol–water partition coefficient (Wildman–Crippen LogP) is 3.68. The van der Waals surface area contributed by atoms with Crippen LogP contribution in [0.3, 0.4) is 0 Å². The standard InChI is InChI=1S/C13H9NO2S/c1-8-12(13-14-6-9(7-15)17-13)10-4-2-3-5-11(10)16-8/h2-7H,1H3. The van der Waals surface area contributed by atoms with Gasteiger partial charge in [0.2, 0.25) is 0 Å². The van der Waals surface area contributed by atoms with Crippen molar-refractivity contribution in [3.63, 3.8) is 0 Å². The summed E-state index contributed by atoms with van der Waals surface area (Å²) in [5.41, 5.74) is 1.83. The minimum absolute atomic E-state index is 0.629. The van der Waals surface area contributed by atoms with Crippen LogP contribution in [0.25, 0.3) is 21.5 Å². The summed E-state index contributed by atoms with van der Waals surface area (Å²) < 4.78 is 5.67. The highest BCUT2D eigenvalue weighted by molar-refractivity contribution is 7.16. The molecule has 0 saturated carbocycles. The van der Waals surface area contributed by atoms with E-state index in [4.69, 9.17) is 4.42 Å². The fourth-order valence-corrected chi connectivity index (χ4v) is 2.73. The molecule has 0 aliphatic rings. The SMILES string of the molecule is Cc1oc2ccccc2c1-c1ncc(C=O)s1. The third kappa shape index (κ3) is 1.57. The van der Waals surface area contributed by atoms with Crippen LogP contribution in [0.1, 0.15) is 15.4 Å². The Hall–Kier alpha value is -1.94. The smallest absolute Gasteiger partial charge is 0.161 e. The molecule has 2 heterocycles. The van der Waals surface area contributed by atoms with Crippen molar-refractivity contribution in [1.29, 1.82) is 0 Å². The summed E-state index contributed by atoms with van der Waals surface area (Å²) in [5, 5.41) is 1.87. The fourth-order valence-electron chi connectivity index (χ4n) is 1.89. The van der Waals surface area contributed by atoms with E-state index in [0.29, 0.717) is 4.88 Å². The van der Waals surface area contributed by atoms with Gasteiger partial charge in [-0.05, 0) is 13.0 Å². The number of thiazole rings is 1. The molecular weight excluding hydrogens is 234 g/mol. The Morgan fingerprint density at radius 3 is 2.94 bits per heavy atom. The molecular formula is C13H9NO2S. The number of nitrogens with zero attached hydrogens (tertiary/aromatic N) is 1. The van der Waals surface area contributed by atoms with Crippen molar-refractivity contribution in [3.05, 3.63) is 41.1 Å². The number of furan rings is 1. The number of hydrogen-bond donors (Lipinski definition) is 0. The molecule has 4 heteroatoms. The Labute approximate surface area is 102 Å². The number of aldehydes is 1. The molecule has 0 aliphatic carbocycles. The third-order valence-electron chi connectivity index (χ3n) is 2.63. The monoisotopic (exact) mass is 243 g/mol. The second-order valence-electron chi connectivity index (χ2n) is 3.72. The molecule has 0 radical (unpaired) electrons. The van der Waals surface area contributed by atoms with Crippen molar-refractivity contribution in [3.8, 4) is 10.6 Å². The lowest BCUT2D eigenvalue weighted by atomic mass is 10.1. The van der Waals surface area contributed by atoms with E-state index >= 15 is 0 Å². The minimum atomic E-state index is 0.629. The molecule has 84 valence electrons. The van der Waals surface area contributed by atoms with Gasteiger partial charge in [0.15, 0.2) is 6.29 Å². The summed E-state index contributed by atoms with van der Waals surface area (Å²) >= 11 is 1.38. The Balaban J connectivity index is 2.28. The zero-order chi connectivity index (χ0) is 11.8. The Kier molecular flexibility index (Phi) is 2.30. The van der Waals surface area contributed by atoms with Crippen molar-refractivity contribution >= 4 is 28.6 Å². The molecule has 1 aromatic carbocycles. The number of aryl methyl sites for hydroxylation is 1. The van der Waals surface area contributed by atoms with E-state index in [0.717, 1.165) is 33.6 Å². The average molecular weight is 243 g/mol. The van der Waals surface area contributed by atoms with Gasteiger partial charge in [-0.15, -0.1) is 11.3 Å². The van der Waals surface area contributed by atoms with Crippen LogP contribution in [0.5, 0.6) is 0 Å². The van der Waals surface area contributed by atoms with Crippen LogP contribution in [0.2, 0.25) is 0 Å². The molecule has 3 nitrogen and oxygen atoms in total. The molecule has 3 aromatic rings. The molecule has 0 bridgehead atoms. The maximum atomic E-state index is 10.7. The number of carbonyl (C=O) groups excluding carboxylic acids is 1. The summed E-state index contributed by atoms with van der Waals surface area (Å²) in [4.78, 5) is 15.6. The van der Waals surface area contributed by atoms with Gasteiger partial charge in [0.1, 0.15) is 16.4 Å². The van der Waals surface area contributed by atoms with Crippen LogP contribution in [-0.4, -0.2) is 11.3 Å². The van der Waals surface area contributed by atoms with Gasteiger partial charge >= 0.3 is 0 Å². The van der Waals surface area contributed by atoms with Gasteiger partial charge in [0.05, 0.1) is 10.4 Å². The number of hydrogen-bond acceptors (Lipinski definition) is 4. The van der Waals surface area contributed by atoms with E-state index < -0.39 is 0 Å². The van der Waals surface area contributed by atoms with Crippen LogP contribution < -0.4 is 0 Å². The highest BCUT2D eigenvalue weighted by Crippen LogP contribution is 2.36. The molecule has 0 spiro atoms. The predicted molar refractivity (Wildman–Crippen MR) is 67.4 cm³/mol. The Morgan fingerprint density at radius 1 is 1.35 bits per heavy atom. The molecule has 2 aromatic heterocycles. The van der Waals surface area contributed by atoms with Crippen LogP contribution in [0.4, 0.5) is 0 Å². The third-order valence-corrected chi connectivity index (χ3v) is 3.57.